The lowest BCUT2D eigenvalue weighted by Crippen LogP contribution is -1.86. The number of hydrogen-bond acceptors (Lipinski definition) is 3. The van der Waals surface area contributed by atoms with Crippen molar-refractivity contribution in [3.05, 3.63) is 23.8 Å². The number of fused-ring (bicyclic) bond motifs is 1. The van der Waals surface area contributed by atoms with Crippen LogP contribution in [0.2, 0.25) is 0 Å². The molecular formula is C10H10ClNOS. The second-order valence-corrected chi connectivity index (χ2v) is 4.25. The van der Waals surface area contributed by atoms with Gasteiger partial charge in [-0.05, 0) is 11.6 Å². The smallest absolute Gasteiger partial charge is 0.198 e. The van der Waals surface area contributed by atoms with Gasteiger partial charge in [0.05, 0.1) is 12.8 Å². The molecule has 0 fully saturated rings. The number of ether oxygens (including phenoxy) is 1. The summed E-state index contributed by atoms with van der Waals surface area (Å²) in [6.45, 7) is 0. The molecule has 0 aliphatic rings. The fraction of sp³-hybridized carbons (Fsp3) is 0.200. The molecule has 0 amide bonds. The van der Waals surface area contributed by atoms with Crippen molar-refractivity contribution in [2.45, 2.75) is 5.88 Å². The van der Waals surface area contributed by atoms with Crippen molar-refractivity contribution in [1.82, 2.24) is 0 Å². The summed E-state index contributed by atoms with van der Waals surface area (Å²) in [4.78, 5) is 0. The van der Waals surface area contributed by atoms with Gasteiger partial charge in [0.15, 0.2) is 5.06 Å². The minimum absolute atomic E-state index is 0.524. The zero-order valence-corrected chi connectivity index (χ0v) is 9.28. The molecule has 2 nitrogen and oxygen atoms in total. The highest BCUT2D eigenvalue weighted by Gasteiger charge is 2.09. The summed E-state index contributed by atoms with van der Waals surface area (Å²) in [6, 6.07) is 6.02. The lowest BCUT2D eigenvalue weighted by molar-refractivity contribution is 0.429. The number of nitrogen functional groups attached to an aromatic ring is 1. The summed E-state index contributed by atoms with van der Waals surface area (Å²) in [6.07, 6.45) is 0. The first-order chi connectivity index (χ1) is 6.76. The Balaban J connectivity index is 2.66. The Morgan fingerprint density at radius 2 is 2.29 bits per heavy atom. The van der Waals surface area contributed by atoms with Gasteiger partial charge in [-0.3, -0.25) is 0 Å². The van der Waals surface area contributed by atoms with Crippen LogP contribution in [0.4, 0.5) is 5.69 Å². The summed E-state index contributed by atoms with van der Waals surface area (Å²) >= 11 is 7.30. The first-order valence-electron chi connectivity index (χ1n) is 4.17. The van der Waals surface area contributed by atoms with Crippen LogP contribution in [0.5, 0.6) is 5.06 Å². The van der Waals surface area contributed by atoms with Crippen molar-refractivity contribution in [2.75, 3.05) is 12.8 Å². The molecule has 0 aliphatic heterocycles. The maximum absolute atomic E-state index is 5.89. The van der Waals surface area contributed by atoms with Gasteiger partial charge in [0, 0.05) is 16.0 Å². The van der Waals surface area contributed by atoms with E-state index in [0.29, 0.717) is 11.6 Å². The van der Waals surface area contributed by atoms with E-state index < -0.39 is 0 Å². The van der Waals surface area contributed by atoms with Gasteiger partial charge in [0.2, 0.25) is 0 Å². The zero-order chi connectivity index (χ0) is 10.1. The zero-order valence-electron chi connectivity index (χ0n) is 7.71. The second kappa shape index (κ2) is 3.67. The van der Waals surface area contributed by atoms with Gasteiger partial charge in [0.1, 0.15) is 0 Å². The van der Waals surface area contributed by atoms with E-state index in [1.807, 2.05) is 18.2 Å². The lowest BCUT2D eigenvalue weighted by atomic mass is 10.2. The van der Waals surface area contributed by atoms with E-state index in [2.05, 4.69) is 0 Å². The number of benzene rings is 1. The largest absolute Gasteiger partial charge is 0.486 e. The van der Waals surface area contributed by atoms with Gasteiger partial charge in [-0.25, -0.2) is 0 Å². The lowest BCUT2D eigenvalue weighted by Gasteiger charge is -1.95. The number of anilines is 1. The number of methoxy groups -OCH3 is 1. The molecule has 0 bridgehead atoms. The predicted molar refractivity (Wildman–Crippen MR) is 62.3 cm³/mol. The van der Waals surface area contributed by atoms with Gasteiger partial charge >= 0.3 is 0 Å². The van der Waals surface area contributed by atoms with Crippen LogP contribution in [0.15, 0.2) is 18.2 Å². The molecule has 1 heterocycles. The Morgan fingerprint density at radius 1 is 1.50 bits per heavy atom. The van der Waals surface area contributed by atoms with Crippen LogP contribution >= 0.6 is 22.9 Å². The molecule has 0 unspecified atom stereocenters. The van der Waals surface area contributed by atoms with E-state index >= 15 is 0 Å². The number of nitrogens with two attached hydrogens (primary N) is 1. The molecular weight excluding hydrogens is 218 g/mol. The van der Waals surface area contributed by atoms with Crippen molar-refractivity contribution >= 4 is 38.7 Å². The van der Waals surface area contributed by atoms with E-state index in [1.165, 1.54) is 0 Å². The molecule has 14 heavy (non-hydrogen) atoms. The number of thiophene rings is 1. The Bertz CT molecular complexity index is 466. The van der Waals surface area contributed by atoms with Crippen molar-refractivity contribution in [2.24, 2.45) is 0 Å². The monoisotopic (exact) mass is 227 g/mol. The van der Waals surface area contributed by atoms with Crippen LogP contribution < -0.4 is 10.5 Å². The van der Waals surface area contributed by atoms with Gasteiger partial charge in [-0.1, -0.05) is 23.5 Å². The number of halogens is 1. The van der Waals surface area contributed by atoms with Crippen LogP contribution in [0.1, 0.15) is 5.56 Å². The third kappa shape index (κ3) is 1.42. The van der Waals surface area contributed by atoms with E-state index in [4.69, 9.17) is 22.1 Å². The topological polar surface area (TPSA) is 35.2 Å². The van der Waals surface area contributed by atoms with E-state index in [1.54, 1.807) is 18.4 Å². The SMILES string of the molecule is COc1sc2cc(CCl)ccc2c1N. The molecule has 0 saturated carbocycles. The Kier molecular flexibility index (Phi) is 2.52. The molecule has 0 aliphatic carbocycles. The van der Waals surface area contributed by atoms with Crippen molar-refractivity contribution in [3.63, 3.8) is 0 Å². The third-order valence-corrected chi connectivity index (χ3v) is 3.54. The first kappa shape index (κ1) is 9.62. The summed E-state index contributed by atoms with van der Waals surface area (Å²) in [5.74, 6) is 0.524. The summed E-state index contributed by atoms with van der Waals surface area (Å²) < 4.78 is 6.29. The minimum atomic E-state index is 0.524. The fourth-order valence-corrected chi connectivity index (χ4v) is 2.54. The molecule has 2 N–H and O–H groups in total. The van der Waals surface area contributed by atoms with E-state index in [-0.39, 0.29) is 0 Å². The maximum Gasteiger partial charge on any atom is 0.198 e. The Morgan fingerprint density at radius 3 is 2.93 bits per heavy atom. The normalized spacial score (nSPS) is 10.7. The highest BCUT2D eigenvalue weighted by Crippen LogP contribution is 2.40. The van der Waals surface area contributed by atoms with Crippen molar-refractivity contribution in [1.29, 1.82) is 0 Å². The van der Waals surface area contributed by atoms with Crippen LogP contribution in [0.25, 0.3) is 10.1 Å². The number of hydrogen-bond donors (Lipinski definition) is 1. The molecule has 74 valence electrons. The average molecular weight is 228 g/mol. The van der Waals surface area contributed by atoms with Gasteiger partial charge in [0.25, 0.3) is 0 Å². The summed E-state index contributed by atoms with van der Waals surface area (Å²) in [7, 11) is 1.63. The molecule has 2 aromatic rings. The second-order valence-electron chi connectivity index (χ2n) is 2.97. The summed E-state index contributed by atoms with van der Waals surface area (Å²) in [5.41, 5.74) is 7.71. The molecule has 4 heteroatoms. The predicted octanol–water partition coefficient (Wildman–Crippen LogP) is 3.23. The van der Waals surface area contributed by atoms with E-state index in [9.17, 15) is 0 Å². The highest BCUT2D eigenvalue weighted by molar-refractivity contribution is 7.21. The van der Waals surface area contributed by atoms with Gasteiger partial charge in [-0.15, -0.1) is 11.6 Å². The molecule has 0 saturated heterocycles. The fourth-order valence-electron chi connectivity index (χ4n) is 1.37. The molecule has 2 rings (SSSR count). The molecule has 0 radical (unpaired) electrons. The van der Waals surface area contributed by atoms with Crippen LogP contribution in [0, 0.1) is 0 Å². The Hall–Kier alpha value is -0.930. The van der Waals surface area contributed by atoms with E-state index in [0.717, 1.165) is 20.7 Å². The average Bonchev–Trinajstić information content (AvgIpc) is 2.55. The maximum atomic E-state index is 5.89. The number of rotatable bonds is 2. The standard InChI is InChI=1S/C10H10ClNOS/c1-13-10-9(12)7-3-2-6(5-11)4-8(7)14-10/h2-4H,5,12H2,1H3. The van der Waals surface area contributed by atoms with Crippen LogP contribution in [-0.2, 0) is 5.88 Å². The van der Waals surface area contributed by atoms with Crippen molar-refractivity contribution in [3.8, 4) is 5.06 Å². The third-order valence-electron chi connectivity index (χ3n) is 2.10. The molecule has 0 spiro atoms. The molecule has 0 atom stereocenters. The van der Waals surface area contributed by atoms with Gasteiger partial charge in [-0.2, -0.15) is 0 Å². The molecule has 1 aromatic carbocycles. The van der Waals surface area contributed by atoms with Crippen molar-refractivity contribution < 1.29 is 4.74 Å². The first-order valence-corrected chi connectivity index (χ1v) is 5.52. The van der Waals surface area contributed by atoms with Crippen LogP contribution in [0.3, 0.4) is 0 Å². The quantitative estimate of drug-likeness (QED) is 0.800. The Labute approximate surface area is 91.2 Å². The minimum Gasteiger partial charge on any atom is -0.486 e. The number of alkyl halides is 1. The summed E-state index contributed by atoms with van der Waals surface area (Å²) in [5, 5.41) is 1.81. The molecule has 1 aromatic heterocycles. The highest BCUT2D eigenvalue weighted by atomic mass is 35.5. The van der Waals surface area contributed by atoms with Crippen LogP contribution in [-0.4, -0.2) is 7.11 Å². The van der Waals surface area contributed by atoms with Gasteiger partial charge < -0.3 is 10.5 Å².